The van der Waals surface area contributed by atoms with Gasteiger partial charge >= 0.3 is 0 Å². The highest BCUT2D eigenvalue weighted by atomic mass is 35.5. The number of rotatable bonds is 9. The summed E-state index contributed by atoms with van der Waals surface area (Å²) in [5.74, 6) is 0. The Balaban J connectivity index is 0.00000312. The van der Waals surface area contributed by atoms with Crippen LogP contribution in [0.4, 0.5) is 11.4 Å². The van der Waals surface area contributed by atoms with Gasteiger partial charge in [-0.05, 0) is 48.2 Å². The quantitative estimate of drug-likeness (QED) is 0.466. The molecule has 2 aromatic carbocycles. The largest absolute Gasteiger partial charge is 0.375 e. The Morgan fingerprint density at radius 3 is 1.15 bits per heavy atom. The fourth-order valence-electron chi connectivity index (χ4n) is 2.87. The molecule has 2 aromatic rings. The van der Waals surface area contributed by atoms with E-state index >= 15 is 0 Å². The Hall–Kier alpha value is -1.38. The third-order valence-corrected chi connectivity index (χ3v) is 4.64. The van der Waals surface area contributed by atoms with Crippen molar-refractivity contribution in [1.82, 2.24) is 0 Å². The molecule has 0 radical (unpaired) electrons. The van der Waals surface area contributed by atoms with Crippen LogP contribution in [0.3, 0.4) is 0 Å². The molecule has 0 unspecified atom stereocenters. The smallest absolute Gasteiger partial charge is 0.0364 e. The van der Waals surface area contributed by atoms with Crippen LogP contribution in [-0.2, 0) is 0 Å². The number of hydrogen-bond acceptors (Lipinski definition) is 2. The zero-order chi connectivity index (χ0) is 17.4. The van der Waals surface area contributed by atoms with Crippen molar-refractivity contribution in [3.8, 4) is 11.1 Å². The normalized spacial score (nSPS) is 9.85. The van der Waals surface area contributed by atoms with Crippen LogP contribution in [0, 0.1) is 0 Å². The van der Waals surface area contributed by atoms with Gasteiger partial charge in [-0.15, -0.1) is 24.8 Å². The van der Waals surface area contributed by atoms with E-state index in [1.165, 1.54) is 48.2 Å². The molecule has 0 aromatic heterocycles. The molecular weight excluding hydrogens is 363 g/mol. The van der Waals surface area contributed by atoms with Crippen molar-refractivity contribution in [3.63, 3.8) is 0 Å². The number of halogens is 2. The van der Waals surface area contributed by atoms with Gasteiger partial charge in [0.25, 0.3) is 0 Å². The summed E-state index contributed by atoms with van der Waals surface area (Å²) in [5.41, 5.74) is 5.15. The van der Waals surface area contributed by atoms with Gasteiger partial charge in [-0.1, -0.05) is 51.0 Å². The Morgan fingerprint density at radius 1 is 0.577 bits per heavy atom. The maximum atomic E-state index is 2.33. The first-order valence-corrected chi connectivity index (χ1v) is 9.28. The van der Waals surface area contributed by atoms with Crippen LogP contribution in [0.15, 0.2) is 48.5 Å². The highest BCUT2D eigenvalue weighted by molar-refractivity contribution is 5.85. The summed E-state index contributed by atoms with van der Waals surface area (Å²) in [7, 11) is 4.34. The van der Waals surface area contributed by atoms with Gasteiger partial charge in [-0.2, -0.15) is 0 Å². The van der Waals surface area contributed by atoms with Crippen molar-refractivity contribution >= 4 is 36.2 Å². The van der Waals surface area contributed by atoms with Crippen LogP contribution >= 0.6 is 24.8 Å². The molecule has 0 aliphatic rings. The van der Waals surface area contributed by atoms with E-state index in [-0.39, 0.29) is 24.8 Å². The number of nitrogens with zero attached hydrogens (tertiary/aromatic N) is 2. The van der Waals surface area contributed by atoms with Gasteiger partial charge in [0.05, 0.1) is 0 Å². The van der Waals surface area contributed by atoms with E-state index in [2.05, 4.69) is 86.3 Å². The van der Waals surface area contributed by atoms with Crippen LogP contribution in [0.1, 0.15) is 39.5 Å². The third kappa shape index (κ3) is 7.09. The van der Waals surface area contributed by atoms with Gasteiger partial charge in [0, 0.05) is 38.6 Å². The third-order valence-electron chi connectivity index (χ3n) is 4.64. The Bertz CT molecular complexity index is 541. The van der Waals surface area contributed by atoms with Crippen molar-refractivity contribution in [3.05, 3.63) is 48.5 Å². The minimum absolute atomic E-state index is 0. The van der Waals surface area contributed by atoms with E-state index in [1.54, 1.807) is 0 Å². The minimum Gasteiger partial charge on any atom is -0.375 e. The summed E-state index contributed by atoms with van der Waals surface area (Å²) < 4.78 is 0. The lowest BCUT2D eigenvalue weighted by Gasteiger charge is -2.20. The van der Waals surface area contributed by atoms with Gasteiger partial charge in [-0.25, -0.2) is 0 Å². The van der Waals surface area contributed by atoms with Crippen LogP contribution in [0.5, 0.6) is 0 Å². The summed E-state index contributed by atoms with van der Waals surface area (Å²) in [6.45, 7) is 6.71. The lowest BCUT2D eigenvalue weighted by atomic mass is 10.0. The molecule has 0 bridgehead atoms. The molecule has 2 nitrogen and oxygen atoms in total. The van der Waals surface area contributed by atoms with E-state index < -0.39 is 0 Å². The van der Waals surface area contributed by atoms with Gasteiger partial charge in [0.1, 0.15) is 0 Å². The van der Waals surface area contributed by atoms with Gasteiger partial charge in [-0.3, -0.25) is 0 Å². The van der Waals surface area contributed by atoms with Crippen molar-refractivity contribution in [2.24, 2.45) is 0 Å². The van der Waals surface area contributed by atoms with E-state index in [1.807, 2.05) is 0 Å². The zero-order valence-corrected chi connectivity index (χ0v) is 18.2. The van der Waals surface area contributed by atoms with Crippen molar-refractivity contribution < 1.29 is 0 Å². The highest BCUT2D eigenvalue weighted by Crippen LogP contribution is 2.25. The Labute approximate surface area is 172 Å². The lowest BCUT2D eigenvalue weighted by molar-refractivity contribution is 0.766. The van der Waals surface area contributed by atoms with E-state index in [0.717, 1.165) is 13.1 Å². The number of hydrogen-bond donors (Lipinski definition) is 0. The van der Waals surface area contributed by atoms with Crippen molar-refractivity contribution in [2.45, 2.75) is 39.5 Å². The molecule has 0 heterocycles. The number of benzene rings is 2. The Morgan fingerprint density at radius 2 is 0.885 bits per heavy atom. The van der Waals surface area contributed by atoms with Crippen LogP contribution in [0.25, 0.3) is 11.1 Å². The molecule has 2 rings (SSSR count). The highest BCUT2D eigenvalue weighted by Gasteiger charge is 2.04. The fraction of sp³-hybridized carbons (Fsp3) is 0.455. The molecular formula is C22H34Cl2N2. The summed E-state index contributed by atoms with van der Waals surface area (Å²) in [6, 6.07) is 17.8. The maximum Gasteiger partial charge on any atom is 0.0364 e. The van der Waals surface area contributed by atoms with Crippen molar-refractivity contribution in [2.75, 3.05) is 37.0 Å². The molecule has 0 spiro atoms. The van der Waals surface area contributed by atoms with Crippen LogP contribution < -0.4 is 9.80 Å². The summed E-state index contributed by atoms with van der Waals surface area (Å²) in [4.78, 5) is 4.66. The molecule has 0 N–H and O–H groups in total. The second kappa shape index (κ2) is 12.9. The fourth-order valence-corrected chi connectivity index (χ4v) is 2.87. The van der Waals surface area contributed by atoms with Gasteiger partial charge < -0.3 is 9.80 Å². The molecule has 0 amide bonds. The molecule has 0 atom stereocenters. The molecule has 0 fully saturated rings. The topological polar surface area (TPSA) is 6.48 Å². The monoisotopic (exact) mass is 396 g/mol. The standard InChI is InChI=1S/C22H32N2.2ClH/c1-5-7-17-23(3)21-13-9-19(10-14-21)20-11-15-22(16-12-20)24(4)18-8-6-2;;/h9-16H,5-8,17-18H2,1-4H3;2*1H. The molecule has 0 saturated carbocycles. The molecule has 0 aliphatic carbocycles. The van der Waals surface area contributed by atoms with Gasteiger partial charge in [0.15, 0.2) is 0 Å². The van der Waals surface area contributed by atoms with Crippen LogP contribution in [-0.4, -0.2) is 27.2 Å². The molecule has 4 heteroatoms. The summed E-state index contributed by atoms with van der Waals surface area (Å²) >= 11 is 0. The SMILES string of the molecule is CCCCN(C)c1ccc(-c2ccc(N(C)CCCC)cc2)cc1.Cl.Cl. The molecule has 26 heavy (non-hydrogen) atoms. The number of anilines is 2. The number of unbranched alkanes of at least 4 members (excludes halogenated alkanes) is 2. The molecule has 0 saturated heterocycles. The van der Waals surface area contributed by atoms with Gasteiger partial charge in [0.2, 0.25) is 0 Å². The van der Waals surface area contributed by atoms with E-state index in [4.69, 9.17) is 0 Å². The predicted molar refractivity (Wildman–Crippen MR) is 123 cm³/mol. The maximum absolute atomic E-state index is 2.33. The predicted octanol–water partition coefficient (Wildman–Crippen LogP) is 6.67. The zero-order valence-electron chi connectivity index (χ0n) is 16.6. The van der Waals surface area contributed by atoms with Crippen molar-refractivity contribution in [1.29, 1.82) is 0 Å². The Kier molecular flexibility index (Phi) is 12.2. The van der Waals surface area contributed by atoms with E-state index in [9.17, 15) is 0 Å². The molecule has 0 aliphatic heterocycles. The summed E-state index contributed by atoms with van der Waals surface area (Å²) in [6.07, 6.45) is 4.96. The first-order valence-electron chi connectivity index (χ1n) is 9.28. The second-order valence-corrected chi connectivity index (χ2v) is 6.64. The first-order chi connectivity index (χ1) is 11.7. The minimum atomic E-state index is 0. The summed E-state index contributed by atoms with van der Waals surface area (Å²) in [5, 5.41) is 0. The lowest BCUT2D eigenvalue weighted by Crippen LogP contribution is -2.18. The average molecular weight is 397 g/mol. The van der Waals surface area contributed by atoms with Crippen LogP contribution in [0.2, 0.25) is 0 Å². The molecule has 146 valence electrons. The second-order valence-electron chi connectivity index (χ2n) is 6.64. The first kappa shape index (κ1) is 24.6. The van der Waals surface area contributed by atoms with E-state index in [0.29, 0.717) is 0 Å². The average Bonchev–Trinajstić information content (AvgIpc) is 2.64.